The summed E-state index contributed by atoms with van der Waals surface area (Å²) >= 11 is 3.30. The Morgan fingerprint density at radius 1 is 0.962 bits per heavy atom. The van der Waals surface area contributed by atoms with Gasteiger partial charge in [0.1, 0.15) is 0 Å². The highest BCUT2D eigenvalue weighted by molar-refractivity contribution is 9.10. The number of carbonyl (C=O) groups is 3. The molecule has 134 valence electrons. The molecular formula is C19H18BrN3O3. The van der Waals surface area contributed by atoms with E-state index in [2.05, 4.69) is 31.9 Å². The number of halogens is 1. The maximum absolute atomic E-state index is 12.0. The third kappa shape index (κ3) is 5.16. The Morgan fingerprint density at radius 3 is 2.35 bits per heavy atom. The molecule has 0 bridgehead atoms. The molecule has 3 rings (SSSR count). The van der Waals surface area contributed by atoms with Gasteiger partial charge < -0.3 is 16.0 Å². The molecule has 2 aromatic rings. The summed E-state index contributed by atoms with van der Waals surface area (Å²) in [7, 11) is 0. The summed E-state index contributed by atoms with van der Waals surface area (Å²) < 4.78 is 0.788. The van der Waals surface area contributed by atoms with Crippen LogP contribution in [0.2, 0.25) is 0 Å². The van der Waals surface area contributed by atoms with E-state index in [-0.39, 0.29) is 30.3 Å². The third-order valence-corrected chi connectivity index (χ3v) is 4.31. The van der Waals surface area contributed by atoms with Crippen LogP contribution in [0.1, 0.15) is 33.6 Å². The summed E-state index contributed by atoms with van der Waals surface area (Å²) in [5.74, 6) is -0.848. The van der Waals surface area contributed by atoms with Crippen LogP contribution in [-0.4, -0.2) is 30.3 Å². The van der Waals surface area contributed by atoms with Crippen LogP contribution in [0.25, 0.3) is 0 Å². The lowest BCUT2D eigenvalue weighted by Gasteiger charge is -2.09. The monoisotopic (exact) mass is 415 g/mol. The van der Waals surface area contributed by atoms with Crippen molar-refractivity contribution >= 4 is 39.3 Å². The van der Waals surface area contributed by atoms with Crippen LogP contribution in [0, 0.1) is 0 Å². The van der Waals surface area contributed by atoms with E-state index in [1.807, 2.05) is 6.07 Å². The van der Waals surface area contributed by atoms with Crippen LogP contribution >= 0.6 is 15.9 Å². The first-order chi connectivity index (χ1) is 12.5. The van der Waals surface area contributed by atoms with Crippen molar-refractivity contribution in [2.75, 3.05) is 11.9 Å². The number of hydrogen-bond donors (Lipinski definition) is 3. The van der Waals surface area contributed by atoms with Crippen molar-refractivity contribution in [3.63, 3.8) is 0 Å². The minimum absolute atomic E-state index is 0.147. The molecule has 3 amide bonds. The molecule has 1 aliphatic carbocycles. The first-order valence-electron chi connectivity index (χ1n) is 8.26. The smallest absolute Gasteiger partial charge is 0.251 e. The average Bonchev–Trinajstić information content (AvgIpc) is 3.44. The summed E-state index contributed by atoms with van der Waals surface area (Å²) in [4.78, 5) is 36.1. The number of benzene rings is 2. The highest BCUT2D eigenvalue weighted by Crippen LogP contribution is 2.20. The first-order valence-corrected chi connectivity index (χ1v) is 9.05. The van der Waals surface area contributed by atoms with E-state index in [9.17, 15) is 14.4 Å². The van der Waals surface area contributed by atoms with Gasteiger partial charge in [-0.2, -0.15) is 0 Å². The number of hydrogen-bond acceptors (Lipinski definition) is 3. The Balaban J connectivity index is 1.53. The van der Waals surface area contributed by atoms with Crippen molar-refractivity contribution < 1.29 is 14.4 Å². The van der Waals surface area contributed by atoms with E-state index in [4.69, 9.17) is 0 Å². The molecule has 0 aromatic heterocycles. The number of anilines is 1. The fourth-order valence-corrected chi connectivity index (χ4v) is 2.73. The SMILES string of the molecule is O=C(CNC(=O)c1cccc(Br)c1)Nc1cccc(C(=O)NC2CC2)c1. The van der Waals surface area contributed by atoms with Crippen LogP contribution in [0.4, 0.5) is 5.69 Å². The number of rotatable bonds is 6. The van der Waals surface area contributed by atoms with Gasteiger partial charge in [0.15, 0.2) is 0 Å². The van der Waals surface area contributed by atoms with Crippen molar-refractivity contribution in [1.29, 1.82) is 0 Å². The number of nitrogens with one attached hydrogen (secondary N) is 3. The molecule has 6 nitrogen and oxygen atoms in total. The molecule has 2 aromatic carbocycles. The van der Waals surface area contributed by atoms with E-state index in [1.165, 1.54) is 0 Å². The Kier molecular flexibility index (Phi) is 5.68. The molecule has 0 spiro atoms. The minimum Gasteiger partial charge on any atom is -0.349 e. The molecule has 1 saturated carbocycles. The third-order valence-electron chi connectivity index (χ3n) is 3.82. The fourth-order valence-electron chi connectivity index (χ4n) is 2.33. The second-order valence-corrected chi connectivity index (χ2v) is 6.99. The van der Waals surface area contributed by atoms with Crippen molar-refractivity contribution in [3.8, 4) is 0 Å². The largest absolute Gasteiger partial charge is 0.349 e. The molecule has 0 saturated heterocycles. The predicted molar refractivity (Wildman–Crippen MR) is 102 cm³/mol. The molecule has 26 heavy (non-hydrogen) atoms. The number of amides is 3. The molecule has 0 aliphatic heterocycles. The van der Waals surface area contributed by atoms with E-state index in [1.54, 1.807) is 42.5 Å². The van der Waals surface area contributed by atoms with E-state index in [0.717, 1.165) is 17.3 Å². The maximum Gasteiger partial charge on any atom is 0.251 e. The lowest BCUT2D eigenvalue weighted by molar-refractivity contribution is -0.115. The maximum atomic E-state index is 12.0. The van der Waals surface area contributed by atoms with Gasteiger partial charge in [-0.25, -0.2) is 0 Å². The second-order valence-electron chi connectivity index (χ2n) is 6.07. The molecular weight excluding hydrogens is 398 g/mol. The fraction of sp³-hybridized carbons (Fsp3) is 0.211. The summed E-state index contributed by atoms with van der Waals surface area (Å²) in [6.07, 6.45) is 2.03. The predicted octanol–water partition coefficient (Wildman–Crippen LogP) is 2.71. The summed E-state index contributed by atoms with van der Waals surface area (Å²) in [6.45, 7) is -0.163. The van der Waals surface area contributed by atoms with Gasteiger partial charge in [-0.1, -0.05) is 28.1 Å². The average molecular weight is 416 g/mol. The highest BCUT2D eigenvalue weighted by Gasteiger charge is 2.23. The van der Waals surface area contributed by atoms with Crippen LogP contribution in [-0.2, 0) is 4.79 Å². The Hall–Kier alpha value is -2.67. The van der Waals surface area contributed by atoms with Crippen molar-refractivity contribution in [2.45, 2.75) is 18.9 Å². The standard InChI is InChI=1S/C19H18BrN3O3/c20-14-5-1-3-12(9-14)18(25)21-11-17(24)22-16-6-2-4-13(10-16)19(26)23-15-7-8-15/h1-6,9-10,15H,7-8,11H2,(H,21,25)(H,22,24)(H,23,26). The zero-order valence-electron chi connectivity index (χ0n) is 13.9. The Morgan fingerprint density at radius 2 is 1.65 bits per heavy atom. The normalized spacial score (nSPS) is 13.0. The van der Waals surface area contributed by atoms with Gasteiger partial charge >= 0.3 is 0 Å². The van der Waals surface area contributed by atoms with Crippen molar-refractivity contribution in [1.82, 2.24) is 10.6 Å². The summed E-state index contributed by atoms with van der Waals surface area (Å²) in [5.41, 5.74) is 1.47. The number of carbonyl (C=O) groups excluding carboxylic acids is 3. The molecule has 0 atom stereocenters. The molecule has 3 N–H and O–H groups in total. The quantitative estimate of drug-likeness (QED) is 0.677. The molecule has 0 heterocycles. The summed E-state index contributed by atoms with van der Waals surface area (Å²) in [6, 6.07) is 13.9. The van der Waals surface area contributed by atoms with Gasteiger partial charge in [0, 0.05) is 27.3 Å². The lowest BCUT2D eigenvalue weighted by Crippen LogP contribution is -2.33. The molecule has 7 heteroatoms. The second kappa shape index (κ2) is 8.14. The topological polar surface area (TPSA) is 87.3 Å². The zero-order chi connectivity index (χ0) is 18.5. The van der Waals surface area contributed by atoms with Gasteiger partial charge in [0.05, 0.1) is 6.54 Å². The lowest BCUT2D eigenvalue weighted by atomic mass is 10.2. The van der Waals surface area contributed by atoms with E-state index in [0.29, 0.717) is 16.8 Å². The van der Waals surface area contributed by atoms with E-state index >= 15 is 0 Å². The van der Waals surface area contributed by atoms with Gasteiger partial charge in [-0.15, -0.1) is 0 Å². The van der Waals surface area contributed by atoms with Crippen LogP contribution in [0.3, 0.4) is 0 Å². The molecule has 0 unspecified atom stereocenters. The molecule has 1 fully saturated rings. The highest BCUT2D eigenvalue weighted by atomic mass is 79.9. The molecule has 1 aliphatic rings. The van der Waals surface area contributed by atoms with Gasteiger partial charge in [0.2, 0.25) is 5.91 Å². The zero-order valence-corrected chi connectivity index (χ0v) is 15.5. The van der Waals surface area contributed by atoms with Gasteiger partial charge in [-0.05, 0) is 49.2 Å². The minimum atomic E-state index is -0.368. The van der Waals surface area contributed by atoms with Gasteiger partial charge in [0.25, 0.3) is 11.8 Å². The first kappa shape index (κ1) is 18.1. The van der Waals surface area contributed by atoms with Crippen LogP contribution < -0.4 is 16.0 Å². The van der Waals surface area contributed by atoms with Crippen molar-refractivity contribution in [2.24, 2.45) is 0 Å². The molecule has 0 radical (unpaired) electrons. The van der Waals surface area contributed by atoms with Crippen molar-refractivity contribution in [3.05, 3.63) is 64.1 Å². The van der Waals surface area contributed by atoms with Crippen LogP contribution in [0.5, 0.6) is 0 Å². The Bertz CT molecular complexity index is 849. The van der Waals surface area contributed by atoms with E-state index < -0.39 is 0 Å². The Labute approximate surface area is 159 Å². The summed E-state index contributed by atoms with van der Waals surface area (Å²) in [5, 5.41) is 8.15. The van der Waals surface area contributed by atoms with Gasteiger partial charge in [-0.3, -0.25) is 14.4 Å². The van der Waals surface area contributed by atoms with Crippen LogP contribution in [0.15, 0.2) is 53.0 Å².